The third kappa shape index (κ3) is 4.01. The molecule has 0 spiro atoms. The van der Waals surface area contributed by atoms with Crippen LogP contribution in [0.3, 0.4) is 0 Å². The predicted octanol–water partition coefficient (Wildman–Crippen LogP) is 9.84. The van der Waals surface area contributed by atoms with Gasteiger partial charge >= 0.3 is 0 Å². The van der Waals surface area contributed by atoms with Gasteiger partial charge in [-0.25, -0.2) is 0 Å². The smallest absolute Gasteiger partial charge is 0.256 e. The third-order valence-electron chi connectivity index (χ3n) is 10.4. The topological polar surface area (TPSA) is 14.2 Å². The molecule has 2 aliphatic heterocycles. The fraction of sp³-hybridized carbons (Fsp3) is 0.0667. The first-order valence-corrected chi connectivity index (χ1v) is 16.9. The van der Waals surface area contributed by atoms with Crippen LogP contribution in [0.25, 0.3) is 60.9 Å². The Kier molecular flexibility index (Phi) is 5.90. The normalized spacial score (nSPS) is 12.7. The summed E-state index contributed by atoms with van der Waals surface area (Å²) in [6, 6.07) is 55.5. The van der Waals surface area contributed by atoms with Crippen LogP contribution >= 0.6 is 0 Å². The highest BCUT2D eigenvalue weighted by molar-refractivity contribution is 6.99. The van der Waals surface area contributed by atoms with Gasteiger partial charge in [-0.2, -0.15) is 0 Å². The summed E-state index contributed by atoms with van der Waals surface area (Å²) in [5.74, 6) is 2.26. The van der Waals surface area contributed by atoms with Gasteiger partial charge in [0, 0.05) is 22.0 Å². The molecule has 0 aliphatic carbocycles. The molecule has 0 bridgehead atoms. The SMILES string of the molecule is CC(C)c1cc2c3c(c1)-n1c4ccc(-c5ccccc5)cc4c4cc(-c5ccccc5)cc(c41)B3c1ccc(-c3ccccc3)cc1O2. The molecule has 0 amide bonds. The standard InChI is InChI=1S/C45H32BNO/c1-28(2)34-25-41-44-43(27-34)48-42-26-33(30-14-8-4-9-15-30)18-20-38(42)46(44)39-24-35(31-16-10-5-11-17-31)23-37-36-22-32(29-12-6-3-7-13-29)19-21-40(36)47(41)45(37)39/h3-28H,1-2H3. The number of fused-ring (bicyclic) bond motifs is 7. The highest BCUT2D eigenvalue weighted by Crippen LogP contribution is 2.42. The fourth-order valence-corrected chi connectivity index (χ4v) is 8.05. The Hall–Kier alpha value is -5.80. The van der Waals surface area contributed by atoms with Crippen molar-refractivity contribution in [1.82, 2.24) is 4.57 Å². The molecule has 48 heavy (non-hydrogen) atoms. The van der Waals surface area contributed by atoms with Crippen LogP contribution in [0.2, 0.25) is 0 Å². The maximum Gasteiger partial charge on any atom is 0.256 e. The summed E-state index contributed by atoms with van der Waals surface area (Å²) in [4.78, 5) is 0. The van der Waals surface area contributed by atoms with Crippen molar-refractivity contribution in [1.29, 1.82) is 0 Å². The molecule has 0 radical (unpaired) electrons. The summed E-state index contributed by atoms with van der Waals surface area (Å²) in [7, 11) is 0. The van der Waals surface area contributed by atoms with E-state index in [1.165, 1.54) is 82.8 Å². The van der Waals surface area contributed by atoms with Crippen LogP contribution in [-0.4, -0.2) is 11.3 Å². The van der Waals surface area contributed by atoms with E-state index in [-0.39, 0.29) is 6.71 Å². The predicted molar refractivity (Wildman–Crippen MR) is 202 cm³/mol. The van der Waals surface area contributed by atoms with Gasteiger partial charge in [0.1, 0.15) is 11.5 Å². The van der Waals surface area contributed by atoms with E-state index in [4.69, 9.17) is 4.74 Å². The number of aromatic nitrogens is 1. The van der Waals surface area contributed by atoms with E-state index >= 15 is 0 Å². The zero-order valence-electron chi connectivity index (χ0n) is 26.9. The van der Waals surface area contributed by atoms with Gasteiger partial charge in [0.05, 0.1) is 5.52 Å². The lowest BCUT2D eigenvalue weighted by molar-refractivity contribution is 0.486. The van der Waals surface area contributed by atoms with Crippen molar-refractivity contribution in [3.8, 4) is 50.6 Å². The number of nitrogens with zero attached hydrogens (tertiary/aromatic N) is 1. The minimum Gasteiger partial charge on any atom is -0.458 e. The lowest BCUT2D eigenvalue weighted by Gasteiger charge is -2.34. The van der Waals surface area contributed by atoms with Crippen molar-refractivity contribution in [2.45, 2.75) is 19.8 Å². The Morgan fingerprint density at radius 2 is 1.10 bits per heavy atom. The van der Waals surface area contributed by atoms with Gasteiger partial charge in [-0.3, -0.25) is 0 Å². The first-order valence-electron chi connectivity index (χ1n) is 16.9. The molecule has 7 aromatic carbocycles. The van der Waals surface area contributed by atoms with Gasteiger partial charge in [0.15, 0.2) is 0 Å². The molecular formula is C45H32BNO. The second-order valence-corrected chi connectivity index (χ2v) is 13.5. The highest BCUT2D eigenvalue weighted by Gasteiger charge is 2.41. The van der Waals surface area contributed by atoms with Crippen molar-refractivity contribution < 1.29 is 4.74 Å². The molecule has 0 saturated carbocycles. The second kappa shape index (κ2) is 10.4. The Balaban J connectivity index is 1.32. The van der Waals surface area contributed by atoms with Gasteiger partial charge in [0.2, 0.25) is 0 Å². The number of ether oxygens (including phenoxy) is 1. The van der Waals surface area contributed by atoms with Gasteiger partial charge in [-0.05, 0) is 97.6 Å². The Morgan fingerprint density at radius 1 is 0.500 bits per heavy atom. The summed E-state index contributed by atoms with van der Waals surface area (Å²) in [5, 5.41) is 2.56. The van der Waals surface area contributed by atoms with E-state index in [2.05, 4.69) is 170 Å². The maximum absolute atomic E-state index is 6.96. The number of benzene rings is 7. The molecule has 3 heterocycles. The molecule has 226 valence electrons. The first-order chi connectivity index (χ1) is 23.6. The van der Waals surface area contributed by atoms with Crippen LogP contribution in [0, 0.1) is 0 Å². The van der Waals surface area contributed by atoms with E-state index in [1.807, 2.05) is 0 Å². The lowest BCUT2D eigenvalue weighted by Crippen LogP contribution is -2.58. The molecule has 2 aliphatic rings. The Morgan fingerprint density at radius 3 is 1.77 bits per heavy atom. The minimum absolute atomic E-state index is 0.0429. The average molecular weight is 614 g/mol. The van der Waals surface area contributed by atoms with Crippen molar-refractivity contribution in [3.63, 3.8) is 0 Å². The summed E-state index contributed by atoms with van der Waals surface area (Å²) >= 11 is 0. The van der Waals surface area contributed by atoms with Crippen molar-refractivity contribution in [3.05, 3.63) is 157 Å². The fourth-order valence-electron chi connectivity index (χ4n) is 8.05. The average Bonchev–Trinajstić information content (AvgIpc) is 3.47. The molecule has 8 aromatic rings. The molecule has 1 aromatic heterocycles. The number of hydrogen-bond donors (Lipinski definition) is 0. The Labute approximate surface area is 281 Å². The quantitative estimate of drug-likeness (QED) is 0.180. The summed E-state index contributed by atoms with van der Waals surface area (Å²) < 4.78 is 9.48. The van der Waals surface area contributed by atoms with E-state index < -0.39 is 0 Å². The molecule has 2 nitrogen and oxygen atoms in total. The highest BCUT2D eigenvalue weighted by atomic mass is 16.5. The number of hydrogen-bond acceptors (Lipinski definition) is 1. The molecule has 0 fully saturated rings. The van der Waals surface area contributed by atoms with E-state index in [0.29, 0.717) is 5.92 Å². The zero-order valence-corrected chi connectivity index (χ0v) is 26.9. The molecular weight excluding hydrogens is 581 g/mol. The molecule has 0 atom stereocenters. The summed E-state index contributed by atoms with van der Waals surface area (Å²) in [6.07, 6.45) is 0. The molecule has 0 unspecified atom stereocenters. The summed E-state index contributed by atoms with van der Waals surface area (Å²) in [6.45, 7) is 4.59. The first kappa shape index (κ1) is 27.3. The van der Waals surface area contributed by atoms with Crippen molar-refractivity contribution in [2.24, 2.45) is 0 Å². The summed E-state index contributed by atoms with van der Waals surface area (Å²) in [5.41, 5.74) is 16.1. The van der Waals surface area contributed by atoms with E-state index in [9.17, 15) is 0 Å². The van der Waals surface area contributed by atoms with Crippen LogP contribution in [0.5, 0.6) is 11.5 Å². The van der Waals surface area contributed by atoms with Crippen LogP contribution in [0.1, 0.15) is 25.3 Å². The van der Waals surface area contributed by atoms with Crippen LogP contribution in [-0.2, 0) is 0 Å². The van der Waals surface area contributed by atoms with Gasteiger partial charge in [0.25, 0.3) is 6.71 Å². The maximum atomic E-state index is 6.96. The zero-order chi connectivity index (χ0) is 31.9. The largest absolute Gasteiger partial charge is 0.458 e. The van der Waals surface area contributed by atoms with Crippen LogP contribution in [0.15, 0.2) is 152 Å². The van der Waals surface area contributed by atoms with Gasteiger partial charge in [-0.15, -0.1) is 0 Å². The number of rotatable bonds is 4. The van der Waals surface area contributed by atoms with Gasteiger partial charge in [-0.1, -0.05) is 129 Å². The van der Waals surface area contributed by atoms with Crippen LogP contribution in [0.4, 0.5) is 0 Å². The second-order valence-electron chi connectivity index (χ2n) is 13.5. The minimum atomic E-state index is 0.0429. The molecule has 0 N–H and O–H groups in total. The monoisotopic (exact) mass is 613 g/mol. The molecule has 0 saturated heterocycles. The van der Waals surface area contributed by atoms with Crippen molar-refractivity contribution in [2.75, 3.05) is 0 Å². The molecule has 3 heteroatoms. The van der Waals surface area contributed by atoms with Gasteiger partial charge < -0.3 is 9.30 Å². The third-order valence-corrected chi connectivity index (χ3v) is 10.4. The van der Waals surface area contributed by atoms with Crippen molar-refractivity contribution >= 4 is 44.9 Å². The van der Waals surface area contributed by atoms with Crippen LogP contribution < -0.4 is 21.1 Å². The van der Waals surface area contributed by atoms with E-state index in [0.717, 1.165) is 11.5 Å². The lowest BCUT2D eigenvalue weighted by atomic mass is 9.34. The van der Waals surface area contributed by atoms with E-state index in [1.54, 1.807) is 0 Å². The Bertz CT molecular complexity index is 2550. The molecule has 10 rings (SSSR count).